The van der Waals surface area contributed by atoms with Crippen LogP contribution in [0.2, 0.25) is 0 Å². The van der Waals surface area contributed by atoms with E-state index >= 15 is 0 Å². The molecule has 1 saturated heterocycles. The zero-order chi connectivity index (χ0) is 9.35. The van der Waals surface area contributed by atoms with Crippen LogP contribution in [0.1, 0.15) is 6.42 Å². The molecule has 1 fully saturated rings. The molecule has 12 heavy (non-hydrogen) atoms. The predicted molar refractivity (Wildman–Crippen MR) is 48.5 cm³/mol. The molecule has 0 saturated carbocycles. The smallest absolute Gasteiger partial charge is 0.211 e. The average molecular weight is 192 g/mol. The van der Waals surface area contributed by atoms with Crippen molar-refractivity contribution in [2.45, 2.75) is 12.5 Å². The summed E-state index contributed by atoms with van der Waals surface area (Å²) in [7, 11) is 1.00. The Morgan fingerprint density at radius 3 is 2.25 bits per heavy atom. The summed E-state index contributed by atoms with van der Waals surface area (Å²) >= 11 is 0. The molecule has 1 heterocycles. The maximum Gasteiger partial charge on any atom is 0.211 e. The zero-order valence-electron chi connectivity index (χ0n) is 7.82. The van der Waals surface area contributed by atoms with Crippen molar-refractivity contribution in [1.82, 2.24) is 9.21 Å². The highest BCUT2D eigenvalue weighted by Crippen LogP contribution is 2.15. The molecule has 5 heteroatoms. The van der Waals surface area contributed by atoms with Gasteiger partial charge in [-0.3, -0.25) is 0 Å². The van der Waals surface area contributed by atoms with E-state index in [1.807, 2.05) is 14.1 Å². The summed E-state index contributed by atoms with van der Waals surface area (Å²) < 4.78 is 23.8. The van der Waals surface area contributed by atoms with Crippen molar-refractivity contribution in [3.8, 4) is 0 Å². The minimum absolute atomic E-state index is 0.389. The number of rotatable bonds is 2. The lowest BCUT2D eigenvalue weighted by atomic mass is 10.2. The lowest BCUT2D eigenvalue weighted by molar-refractivity contribution is 0.302. The van der Waals surface area contributed by atoms with E-state index in [9.17, 15) is 8.42 Å². The molecule has 0 amide bonds. The molecule has 0 bridgehead atoms. The van der Waals surface area contributed by atoms with Gasteiger partial charge in [0.2, 0.25) is 10.0 Å². The fourth-order valence-electron chi connectivity index (χ4n) is 1.43. The first-order valence-electron chi connectivity index (χ1n) is 4.03. The number of likely N-dealkylation sites (N-methyl/N-ethyl adjacent to an activating group) is 1. The Hall–Kier alpha value is -0.130. The summed E-state index contributed by atoms with van der Waals surface area (Å²) in [6.45, 7) is 1.31. The SMILES string of the molecule is CN(C)[C@H]1CCN(S(C)(=O)=O)C1. The van der Waals surface area contributed by atoms with Crippen LogP contribution in [-0.2, 0) is 10.0 Å². The summed E-state index contributed by atoms with van der Waals surface area (Å²) in [6, 6.07) is 0.389. The minimum atomic E-state index is -2.96. The van der Waals surface area contributed by atoms with Crippen LogP contribution in [0.3, 0.4) is 0 Å². The molecule has 0 aromatic carbocycles. The summed E-state index contributed by atoms with van der Waals surface area (Å²) in [5.74, 6) is 0. The van der Waals surface area contributed by atoms with Gasteiger partial charge in [-0.15, -0.1) is 0 Å². The summed E-state index contributed by atoms with van der Waals surface area (Å²) in [5, 5.41) is 0. The van der Waals surface area contributed by atoms with Crippen molar-refractivity contribution in [1.29, 1.82) is 0 Å². The first-order chi connectivity index (χ1) is 5.41. The number of hydrogen-bond acceptors (Lipinski definition) is 3. The molecule has 1 atom stereocenters. The van der Waals surface area contributed by atoms with Gasteiger partial charge in [0.25, 0.3) is 0 Å². The molecule has 72 valence electrons. The molecule has 4 nitrogen and oxygen atoms in total. The van der Waals surface area contributed by atoms with E-state index in [0.29, 0.717) is 19.1 Å². The molecule has 0 spiro atoms. The van der Waals surface area contributed by atoms with Gasteiger partial charge >= 0.3 is 0 Å². The molecule has 1 aliphatic heterocycles. The van der Waals surface area contributed by atoms with E-state index in [-0.39, 0.29) is 0 Å². The number of nitrogens with zero attached hydrogens (tertiary/aromatic N) is 2. The summed E-state index contributed by atoms with van der Waals surface area (Å²) in [5.41, 5.74) is 0. The lowest BCUT2D eigenvalue weighted by Crippen LogP contribution is -2.33. The molecule has 0 radical (unpaired) electrons. The standard InChI is InChI=1S/C7H16N2O2S/c1-8(2)7-4-5-9(6-7)12(3,10)11/h7H,4-6H2,1-3H3/t7-/m0/s1. The highest BCUT2D eigenvalue weighted by Gasteiger charge is 2.29. The molecule has 1 aliphatic rings. The minimum Gasteiger partial charge on any atom is -0.305 e. The first-order valence-corrected chi connectivity index (χ1v) is 5.87. The van der Waals surface area contributed by atoms with Crippen molar-refractivity contribution in [2.75, 3.05) is 33.4 Å². The van der Waals surface area contributed by atoms with Gasteiger partial charge in [0.1, 0.15) is 0 Å². The molecule has 0 aliphatic carbocycles. The van der Waals surface area contributed by atoms with E-state index in [2.05, 4.69) is 4.90 Å². The molecule has 0 aromatic rings. The lowest BCUT2D eigenvalue weighted by Gasteiger charge is -2.18. The van der Waals surface area contributed by atoms with E-state index in [1.54, 1.807) is 0 Å². The van der Waals surface area contributed by atoms with Crippen LogP contribution in [0.15, 0.2) is 0 Å². The van der Waals surface area contributed by atoms with Crippen molar-refractivity contribution in [3.63, 3.8) is 0 Å². The van der Waals surface area contributed by atoms with Gasteiger partial charge in [0, 0.05) is 19.1 Å². The van der Waals surface area contributed by atoms with Crippen LogP contribution in [0.4, 0.5) is 0 Å². The number of sulfonamides is 1. The van der Waals surface area contributed by atoms with Crippen molar-refractivity contribution < 1.29 is 8.42 Å². The second-order valence-electron chi connectivity index (χ2n) is 3.53. The Morgan fingerprint density at radius 2 is 2.00 bits per heavy atom. The molecule has 1 rings (SSSR count). The topological polar surface area (TPSA) is 40.6 Å². The normalized spacial score (nSPS) is 26.8. The van der Waals surface area contributed by atoms with Gasteiger partial charge in [-0.05, 0) is 20.5 Å². The molecule has 0 N–H and O–H groups in total. The average Bonchev–Trinajstić information content (AvgIpc) is 2.30. The molecular formula is C7H16N2O2S. The number of hydrogen-bond donors (Lipinski definition) is 0. The van der Waals surface area contributed by atoms with E-state index in [4.69, 9.17) is 0 Å². The third-order valence-electron chi connectivity index (χ3n) is 2.33. The second-order valence-corrected chi connectivity index (χ2v) is 5.51. The Kier molecular flexibility index (Phi) is 2.75. The third kappa shape index (κ3) is 2.18. The summed E-state index contributed by atoms with van der Waals surface area (Å²) in [4.78, 5) is 2.07. The van der Waals surface area contributed by atoms with Crippen molar-refractivity contribution >= 4 is 10.0 Å². The van der Waals surface area contributed by atoms with Gasteiger partial charge in [-0.2, -0.15) is 0 Å². The zero-order valence-corrected chi connectivity index (χ0v) is 8.63. The van der Waals surface area contributed by atoms with Gasteiger partial charge in [-0.1, -0.05) is 0 Å². The van der Waals surface area contributed by atoms with Crippen molar-refractivity contribution in [2.24, 2.45) is 0 Å². The second kappa shape index (κ2) is 3.32. The van der Waals surface area contributed by atoms with Crippen molar-refractivity contribution in [3.05, 3.63) is 0 Å². The first kappa shape index (κ1) is 9.95. The Bertz CT molecular complexity index is 248. The third-order valence-corrected chi connectivity index (χ3v) is 3.60. The highest BCUT2D eigenvalue weighted by molar-refractivity contribution is 7.88. The monoisotopic (exact) mass is 192 g/mol. The van der Waals surface area contributed by atoms with Gasteiger partial charge < -0.3 is 4.90 Å². The van der Waals surface area contributed by atoms with Crippen LogP contribution in [0.25, 0.3) is 0 Å². The van der Waals surface area contributed by atoms with Gasteiger partial charge in [0.15, 0.2) is 0 Å². The largest absolute Gasteiger partial charge is 0.305 e. The fraction of sp³-hybridized carbons (Fsp3) is 1.00. The van der Waals surface area contributed by atoms with Crippen LogP contribution < -0.4 is 0 Å². The molecule has 0 unspecified atom stereocenters. The van der Waals surface area contributed by atoms with E-state index in [0.717, 1.165) is 6.42 Å². The molecule has 0 aromatic heterocycles. The Balaban J connectivity index is 2.58. The maximum atomic E-state index is 11.1. The Labute approximate surface area is 74.2 Å². The van der Waals surface area contributed by atoms with Crippen LogP contribution in [0, 0.1) is 0 Å². The van der Waals surface area contributed by atoms with Gasteiger partial charge in [-0.25, -0.2) is 12.7 Å². The van der Waals surface area contributed by atoms with Gasteiger partial charge in [0.05, 0.1) is 6.26 Å². The Morgan fingerprint density at radius 1 is 1.42 bits per heavy atom. The molecular weight excluding hydrogens is 176 g/mol. The van der Waals surface area contributed by atoms with E-state index in [1.165, 1.54) is 10.6 Å². The predicted octanol–water partition coefficient (Wildman–Crippen LogP) is -0.418. The fourth-order valence-corrected chi connectivity index (χ4v) is 2.31. The highest BCUT2D eigenvalue weighted by atomic mass is 32.2. The van der Waals surface area contributed by atoms with Crippen LogP contribution in [0.5, 0.6) is 0 Å². The maximum absolute atomic E-state index is 11.1. The summed E-state index contributed by atoms with van der Waals surface area (Å²) in [6.07, 6.45) is 2.21. The van der Waals surface area contributed by atoms with Crippen LogP contribution >= 0.6 is 0 Å². The van der Waals surface area contributed by atoms with Crippen LogP contribution in [-0.4, -0.2) is 57.1 Å². The quantitative estimate of drug-likeness (QED) is 0.597. The van der Waals surface area contributed by atoms with E-state index < -0.39 is 10.0 Å².